The van der Waals surface area contributed by atoms with Crippen molar-refractivity contribution < 1.29 is 4.74 Å². The van der Waals surface area contributed by atoms with Gasteiger partial charge >= 0.3 is 0 Å². The van der Waals surface area contributed by atoms with Crippen LogP contribution in [0, 0.1) is 5.92 Å². The van der Waals surface area contributed by atoms with Gasteiger partial charge < -0.3 is 15.4 Å². The van der Waals surface area contributed by atoms with Crippen molar-refractivity contribution in [1.82, 2.24) is 15.5 Å². The number of nitrogens with one attached hydrogen (secondary N) is 2. The molecule has 0 spiro atoms. The van der Waals surface area contributed by atoms with Crippen LogP contribution in [0.25, 0.3) is 0 Å². The summed E-state index contributed by atoms with van der Waals surface area (Å²) in [5.41, 5.74) is 0. The average Bonchev–Trinajstić information content (AvgIpc) is 2.45. The van der Waals surface area contributed by atoms with E-state index < -0.39 is 0 Å². The van der Waals surface area contributed by atoms with Crippen LogP contribution in [0.2, 0.25) is 0 Å². The molecule has 0 saturated carbocycles. The van der Waals surface area contributed by atoms with Gasteiger partial charge in [0.25, 0.3) is 0 Å². The Bertz CT molecular complexity index is 236. The van der Waals surface area contributed by atoms with Crippen LogP contribution in [0.4, 0.5) is 0 Å². The molecule has 2 N–H and O–H groups in total. The van der Waals surface area contributed by atoms with Crippen molar-refractivity contribution in [3.05, 3.63) is 0 Å². The lowest BCUT2D eigenvalue weighted by Crippen LogP contribution is -2.52. The molecule has 2 rings (SSSR count). The summed E-state index contributed by atoms with van der Waals surface area (Å²) in [5.74, 6) is 0.763. The summed E-state index contributed by atoms with van der Waals surface area (Å²) in [7, 11) is 0. The highest BCUT2D eigenvalue weighted by atomic mass is 16.5. The van der Waals surface area contributed by atoms with Gasteiger partial charge in [0.15, 0.2) is 0 Å². The van der Waals surface area contributed by atoms with Crippen LogP contribution in [-0.4, -0.2) is 62.9 Å². The van der Waals surface area contributed by atoms with E-state index in [0.717, 1.165) is 45.3 Å². The van der Waals surface area contributed by atoms with Gasteiger partial charge in [0.05, 0.1) is 13.2 Å². The molecule has 2 unspecified atom stereocenters. The first kappa shape index (κ1) is 15.2. The summed E-state index contributed by atoms with van der Waals surface area (Å²) in [6, 6.07) is 1.34. The van der Waals surface area contributed by atoms with Gasteiger partial charge in [-0.2, -0.15) is 0 Å². The molecule has 112 valence electrons. The average molecular weight is 269 g/mol. The summed E-state index contributed by atoms with van der Waals surface area (Å²) >= 11 is 0. The van der Waals surface area contributed by atoms with E-state index in [1.807, 2.05) is 0 Å². The number of piperidine rings is 1. The van der Waals surface area contributed by atoms with Crippen LogP contribution in [0.5, 0.6) is 0 Å². The highest BCUT2D eigenvalue weighted by Crippen LogP contribution is 2.13. The molecule has 0 aromatic heterocycles. The third-order valence-corrected chi connectivity index (χ3v) is 4.24. The topological polar surface area (TPSA) is 36.5 Å². The zero-order valence-corrected chi connectivity index (χ0v) is 12.7. The molecule has 2 aliphatic rings. The number of hydrogen-bond acceptors (Lipinski definition) is 4. The highest BCUT2D eigenvalue weighted by molar-refractivity contribution is 4.81. The number of morpholine rings is 1. The summed E-state index contributed by atoms with van der Waals surface area (Å²) in [4.78, 5) is 2.62. The quantitative estimate of drug-likeness (QED) is 0.756. The summed E-state index contributed by atoms with van der Waals surface area (Å²) in [5, 5.41) is 7.26. The maximum absolute atomic E-state index is 5.48. The van der Waals surface area contributed by atoms with Crippen molar-refractivity contribution in [3.8, 4) is 0 Å². The predicted octanol–water partition coefficient (Wildman–Crippen LogP) is 1.07. The molecule has 4 heteroatoms. The molecule has 0 amide bonds. The van der Waals surface area contributed by atoms with Gasteiger partial charge in [-0.3, -0.25) is 4.90 Å². The largest absolute Gasteiger partial charge is 0.379 e. The molecule has 4 nitrogen and oxygen atoms in total. The molecule has 0 bridgehead atoms. The zero-order valence-electron chi connectivity index (χ0n) is 12.7. The Balaban J connectivity index is 1.78. The van der Waals surface area contributed by atoms with Crippen molar-refractivity contribution >= 4 is 0 Å². The van der Waals surface area contributed by atoms with Crippen LogP contribution in [0.1, 0.15) is 33.1 Å². The molecule has 2 aliphatic heterocycles. The first-order valence-electron chi connectivity index (χ1n) is 8.01. The smallest absolute Gasteiger partial charge is 0.0594 e. The number of ether oxygens (including phenoxy) is 1. The summed E-state index contributed by atoms with van der Waals surface area (Å²) in [6.45, 7) is 12.1. The monoisotopic (exact) mass is 269 g/mol. The molecular formula is C15H31N3O. The molecule has 2 saturated heterocycles. The van der Waals surface area contributed by atoms with Gasteiger partial charge in [-0.15, -0.1) is 0 Å². The van der Waals surface area contributed by atoms with E-state index in [-0.39, 0.29) is 0 Å². The minimum Gasteiger partial charge on any atom is -0.379 e. The molecule has 0 radical (unpaired) electrons. The van der Waals surface area contributed by atoms with Gasteiger partial charge in [0, 0.05) is 38.3 Å². The van der Waals surface area contributed by atoms with E-state index in [9.17, 15) is 0 Å². The second kappa shape index (κ2) is 8.20. The molecule has 19 heavy (non-hydrogen) atoms. The fourth-order valence-corrected chi connectivity index (χ4v) is 3.18. The Morgan fingerprint density at radius 3 is 2.74 bits per heavy atom. The van der Waals surface area contributed by atoms with E-state index in [1.54, 1.807) is 0 Å². The Hall–Kier alpha value is -0.160. The minimum absolute atomic E-state index is 0.671. The SMILES string of the molecule is CC(C)CC(CNC1CCCNC1)N1CCOCC1. The van der Waals surface area contributed by atoms with E-state index in [4.69, 9.17) is 4.74 Å². The van der Waals surface area contributed by atoms with Crippen molar-refractivity contribution in [2.24, 2.45) is 5.92 Å². The van der Waals surface area contributed by atoms with Gasteiger partial charge in [-0.05, 0) is 31.7 Å². The second-order valence-corrected chi connectivity index (χ2v) is 6.38. The highest BCUT2D eigenvalue weighted by Gasteiger charge is 2.23. The summed E-state index contributed by atoms with van der Waals surface area (Å²) in [6.07, 6.45) is 3.92. The maximum atomic E-state index is 5.48. The van der Waals surface area contributed by atoms with Gasteiger partial charge in [0.1, 0.15) is 0 Å². The molecule has 2 atom stereocenters. The Morgan fingerprint density at radius 2 is 2.11 bits per heavy atom. The Kier molecular flexibility index (Phi) is 6.57. The van der Waals surface area contributed by atoms with Gasteiger partial charge in [0.2, 0.25) is 0 Å². The molecule has 0 aliphatic carbocycles. The van der Waals surface area contributed by atoms with E-state index in [1.165, 1.54) is 25.8 Å². The number of hydrogen-bond donors (Lipinski definition) is 2. The second-order valence-electron chi connectivity index (χ2n) is 6.38. The van der Waals surface area contributed by atoms with Crippen molar-refractivity contribution in [2.75, 3.05) is 45.9 Å². The lowest BCUT2D eigenvalue weighted by atomic mass is 10.0. The standard InChI is InChI=1S/C15H31N3O/c1-13(2)10-15(18-6-8-19-9-7-18)12-17-14-4-3-5-16-11-14/h13-17H,3-12H2,1-2H3. The molecule has 2 heterocycles. The van der Waals surface area contributed by atoms with Crippen molar-refractivity contribution in [2.45, 2.75) is 45.2 Å². The maximum Gasteiger partial charge on any atom is 0.0594 e. The predicted molar refractivity (Wildman–Crippen MR) is 79.5 cm³/mol. The Labute approximate surface area is 118 Å². The molecular weight excluding hydrogens is 238 g/mol. The third kappa shape index (κ3) is 5.38. The van der Waals surface area contributed by atoms with Crippen LogP contribution >= 0.6 is 0 Å². The van der Waals surface area contributed by atoms with Crippen LogP contribution in [0.15, 0.2) is 0 Å². The first-order chi connectivity index (χ1) is 9.25. The number of nitrogens with zero attached hydrogens (tertiary/aromatic N) is 1. The van der Waals surface area contributed by atoms with Crippen molar-refractivity contribution in [3.63, 3.8) is 0 Å². The normalized spacial score (nSPS) is 27.6. The molecule has 0 aromatic rings. The van der Waals surface area contributed by atoms with Crippen LogP contribution in [0.3, 0.4) is 0 Å². The lowest BCUT2D eigenvalue weighted by molar-refractivity contribution is 0.0116. The van der Waals surface area contributed by atoms with Crippen molar-refractivity contribution in [1.29, 1.82) is 0 Å². The number of rotatable bonds is 6. The van der Waals surface area contributed by atoms with Gasteiger partial charge in [-0.25, -0.2) is 0 Å². The van der Waals surface area contributed by atoms with E-state index in [2.05, 4.69) is 29.4 Å². The summed E-state index contributed by atoms with van der Waals surface area (Å²) < 4.78 is 5.48. The van der Waals surface area contributed by atoms with Gasteiger partial charge in [-0.1, -0.05) is 13.8 Å². The minimum atomic E-state index is 0.671. The van der Waals surface area contributed by atoms with E-state index in [0.29, 0.717) is 12.1 Å². The fourth-order valence-electron chi connectivity index (χ4n) is 3.18. The van der Waals surface area contributed by atoms with E-state index >= 15 is 0 Å². The van der Waals surface area contributed by atoms with Crippen LogP contribution in [-0.2, 0) is 4.74 Å². The Morgan fingerprint density at radius 1 is 1.32 bits per heavy atom. The third-order valence-electron chi connectivity index (χ3n) is 4.24. The lowest BCUT2D eigenvalue weighted by Gasteiger charge is -2.37. The molecule has 2 fully saturated rings. The first-order valence-corrected chi connectivity index (χ1v) is 8.01. The van der Waals surface area contributed by atoms with Crippen LogP contribution < -0.4 is 10.6 Å². The zero-order chi connectivity index (χ0) is 13.5. The molecule has 0 aromatic carbocycles. The fraction of sp³-hybridized carbons (Fsp3) is 1.00.